The second kappa shape index (κ2) is 6.46. The minimum absolute atomic E-state index is 0.0530. The lowest BCUT2D eigenvalue weighted by Crippen LogP contribution is -2.76. The normalized spacial score (nSPS) is 51.9. The summed E-state index contributed by atoms with van der Waals surface area (Å²) in [5.41, 5.74) is -2.74. The van der Waals surface area contributed by atoms with E-state index in [1.807, 2.05) is 0 Å². The smallest absolute Gasteiger partial charge is 0.458 e. The average Bonchev–Trinajstić information content (AvgIpc) is 3.61. The van der Waals surface area contributed by atoms with Crippen LogP contribution in [-0.4, -0.2) is 80.6 Å². The Morgan fingerprint density at radius 3 is 2.67 bits per heavy atom. The SMILES string of the molecule is CC(C)[C@]1(O)[C@H](O)[C@@H]2O[C@]23[C@]2(O[C@H]2C[C@H]2C4=C(CC[C@@]23C)C(=O)OC4)[C@@H]1OCOP(=O)(O)O. The molecule has 6 rings (SSSR count). The molecule has 0 radical (unpaired) electrons. The summed E-state index contributed by atoms with van der Waals surface area (Å²) in [6.07, 6.45) is -1.86. The van der Waals surface area contributed by atoms with E-state index >= 15 is 0 Å². The molecule has 4 N–H and O–H groups in total. The fraction of sp³-hybridized carbons (Fsp3) is 0.857. The lowest BCUT2D eigenvalue weighted by molar-refractivity contribution is -0.252. The van der Waals surface area contributed by atoms with Crippen LogP contribution in [0.5, 0.6) is 0 Å². The Kier molecular flexibility index (Phi) is 4.42. The number of aliphatic hydroxyl groups is 2. The molecule has 2 saturated carbocycles. The topological polar surface area (TPSA) is 168 Å². The number of esters is 1. The van der Waals surface area contributed by atoms with Gasteiger partial charge in [0.1, 0.15) is 36.1 Å². The van der Waals surface area contributed by atoms with Crippen LogP contribution in [0.4, 0.5) is 0 Å². The second-order valence-electron chi connectivity index (χ2n) is 10.7. The third-order valence-electron chi connectivity index (χ3n) is 9.32. The predicted octanol–water partition coefficient (Wildman–Crippen LogP) is 0.149. The zero-order chi connectivity index (χ0) is 23.8. The Morgan fingerprint density at radius 1 is 1.27 bits per heavy atom. The van der Waals surface area contributed by atoms with Crippen LogP contribution in [-0.2, 0) is 32.8 Å². The Hall–Kier alpha value is -0.880. The highest BCUT2D eigenvalue weighted by Gasteiger charge is 2.97. The van der Waals surface area contributed by atoms with Gasteiger partial charge in [-0.3, -0.25) is 4.52 Å². The van der Waals surface area contributed by atoms with Crippen LogP contribution in [0.15, 0.2) is 11.1 Å². The van der Waals surface area contributed by atoms with Crippen LogP contribution >= 0.6 is 7.82 Å². The zero-order valence-electron chi connectivity index (χ0n) is 18.6. The molecule has 0 amide bonds. The minimum Gasteiger partial charge on any atom is -0.458 e. The number of hydrogen-bond acceptors (Lipinski definition) is 9. The first-order chi connectivity index (χ1) is 15.3. The van der Waals surface area contributed by atoms with Gasteiger partial charge in [-0.2, -0.15) is 0 Å². The van der Waals surface area contributed by atoms with E-state index in [9.17, 15) is 19.6 Å². The van der Waals surface area contributed by atoms with Gasteiger partial charge in [0, 0.05) is 11.0 Å². The zero-order valence-corrected chi connectivity index (χ0v) is 19.5. The predicted molar refractivity (Wildman–Crippen MR) is 107 cm³/mol. The maximum atomic E-state index is 12.2. The van der Waals surface area contributed by atoms with E-state index in [-0.39, 0.29) is 24.6 Å². The second-order valence-corrected chi connectivity index (χ2v) is 12.0. The highest BCUT2D eigenvalue weighted by molar-refractivity contribution is 7.46. The fourth-order valence-electron chi connectivity index (χ4n) is 7.69. The van der Waals surface area contributed by atoms with Crippen LogP contribution < -0.4 is 0 Å². The van der Waals surface area contributed by atoms with E-state index in [1.54, 1.807) is 13.8 Å². The van der Waals surface area contributed by atoms with Crippen LogP contribution in [0.1, 0.15) is 40.0 Å². The van der Waals surface area contributed by atoms with Gasteiger partial charge in [0.05, 0.1) is 6.10 Å². The van der Waals surface area contributed by atoms with Crippen molar-refractivity contribution in [1.29, 1.82) is 0 Å². The number of rotatable bonds is 5. The number of phosphoric acid groups is 1. The highest BCUT2D eigenvalue weighted by atomic mass is 31.2. The maximum Gasteiger partial charge on any atom is 0.471 e. The van der Waals surface area contributed by atoms with E-state index in [2.05, 4.69) is 11.4 Å². The summed E-state index contributed by atoms with van der Waals surface area (Å²) in [5, 5.41) is 23.1. The number of fused-ring (bicyclic) bond motifs is 2. The van der Waals surface area contributed by atoms with Gasteiger partial charge in [0.2, 0.25) is 0 Å². The summed E-state index contributed by atoms with van der Waals surface area (Å²) in [7, 11) is -4.81. The summed E-state index contributed by atoms with van der Waals surface area (Å²) < 4.78 is 39.5. The fourth-order valence-corrected chi connectivity index (χ4v) is 7.88. The molecule has 0 bridgehead atoms. The Labute approximate surface area is 190 Å². The monoisotopic (exact) mass is 488 g/mol. The molecule has 0 aromatic heterocycles. The van der Waals surface area contributed by atoms with E-state index in [0.717, 1.165) is 11.1 Å². The number of epoxide rings is 2. The number of hydrogen-bond donors (Lipinski definition) is 4. The van der Waals surface area contributed by atoms with Gasteiger partial charge in [-0.15, -0.1) is 0 Å². The summed E-state index contributed by atoms with van der Waals surface area (Å²) in [5.74, 6) is -0.816. The van der Waals surface area contributed by atoms with Crippen molar-refractivity contribution < 1.29 is 52.8 Å². The Morgan fingerprint density at radius 2 is 2.00 bits per heavy atom. The summed E-state index contributed by atoms with van der Waals surface area (Å²) in [4.78, 5) is 30.4. The number of carbonyl (C=O) groups excluding carboxylic acids is 1. The van der Waals surface area contributed by atoms with E-state index < -0.39 is 61.1 Å². The molecule has 3 heterocycles. The van der Waals surface area contributed by atoms with E-state index in [4.69, 9.17) is 28.7 Å². The molecule has 184 valence electrons. The molecule has 0 aromatic carbocycles. The van der Waals surface area contributed by atoms with Crippen molar-refractivity contribution in [3.8, 4) is 0 Å². The van der Waals surface area contributed by atoms with Crippen molar-refractivity contribution in [1.82, 2.24) is 0 Å². The van der Waals surface area contributed by atoms with Gasteiger partial charge in [0.25, 0.3) is 0 Å². The van der Waals surface area contributed by atoms with Crippen LogP contribution in [0.25, 0.3) is 0 Å². The molecule has 0 unspecified atom stereocenters. The maximum absolute atomic E-state index is 12.2. The highest BCUT2D eigenvalue weighted by Crippen LogP contribution is 2.80. The number of ether oxygens (including phenoxy) is 4. The van der Waals surface area contributed by atoms with Crippen molar-refractivity contribution in [2.75, 3.05) is 13.4 Å². The lowest BCUT2D eigenvalue weighted by Gasteiger charge is -2.57. The van der Waals surface area contributed by atoms with E-state index in [1.165, 1.54) is 0 Å². The van der Waals surface area contributed by atoms with Crippen LogP contribution in [0.2, 0.25) is 0 Å². The van der Waals surface area contributed by atoms with Crippen molar-refractivity contribution in [3.05, 3.63) is 11.1 Å². The van der Waals surface area contributed by atoms with Crippen LogP contribution in [0, 0.1) is 17.3 Å². The molecule has 11 nitrogen and oxygen atoms in total. The van der Waals surface area contributed by atoms with Crippen molar-refractivity contribution >= 4 is 13.8 Å². The number of carbonyl (C=O) groups is 1. The Bertz CT molecular complexity index is 1010. The molecule has 0 aromatic rings. The van der Waals surface area contributed by atoms with Gasteiger partial charge in [-0.25, -0.2) is 9.36 Å². The van der Waals surface area contributed by atoms with Crippen molar-refractivity contribution in [2.24, 2.45) is 17.3 Å². The first-order valence-electron chi connectivity index (χ1n) is 11.3. The molecule has 33 heavy (non-hydrogen) atoms. The molecule has 3 aliphatic carbocycles. The molecule has 6 aliphatic rings. The van der Waals surface area contributed by atoms with Gasteiger partial charge in [-0.05, 0) is 36.7 Å². The van der Waals surface area contributed by atoms with Gasteiger partial charge >= 0.3 is 13.8 Å². The molecule has 12 heteroatoms. The lowest BCUT2D eigenvalue weighted by atomic mass is 9.45. The first kappa shape index (κ1) is 22.6. The molecule has 2 saturated heterocycles. The first-order valence-corrected chi connectivity index (χ1v) is 12.8. The molecular weight excluding hydrogens is 459 g/mol. The third kappa shape index (κ3) is 2.48. The van der Waals surface area contributed by atoms with Crippen molar-refractivity contribution in [3.63, 3.8) is 0 Å². The molecule has 4 fully saturated rings. The summed E-state index contributed by atoms with van der Waals surface area (Å²) in [6, 6.07) is 0. The summed E-state index contributed by atoms with van der Waals surface area (Å²) >= 11 is 0. The molecular formula is C21H29O11P. The quantitative estimate of drug-likeness (QED) is 0.180. The summed E-state index contributed by atoms with van der Waals surface area (Å²) in [6.45, 7) is 4.99. The Balaban J connectivity index is 1.43. The largest absolute Gasteiger partial charge is 0.471 e. The molecule has 2 spiro atoms. The van der Waals surface area contributed by atoms with Crippen LogP contribution in [0.3, 0.4) is 0 Å². The number of aliphatic hydroxyl groups excluding tert-OH is 1. The standard InChI is InChI=1S/C21H29O11P/c1-9(2)19(24)14(22)15-21(32-15)18(3)5-4-10-11(7-28-16(10)23)12(18)6-13-20(21,31-13)17(19)29-8-30-33(25,26)27/h9,12-15,17,22,24H,4-8H2,1-3H3,(H2,25,26,27)/t12-,13-,14+,15-,17+,18-,19-,20+,21+/m0/s1. The minimum atomic E-state index is -4.81. The number of phosphoric ester groups is 1. The molecule has 9 atom stereocenters. The average molecular weight is 488 g/mol. The van der Waals surface area contributed by atoms with E-state index in [0.29, 0.717) is 19.3 Å². The molecule has 3 aliphatic heterocycles. The van der Waals surface area contributed by atoms with Gasteiger partial charge in [0.15, 0.2) is 12.4 Å². The van der Waals surface area contributed by atoms with Gasteiger partial charge in [-0.1, -0.05) is 20.8 Å². The third-order valence-corrected chi connectivity index (χ3v) is 9.76. The van der Waals surface area contributed by atoms with Crippen molar-refractivity contribution in [2.45, 2.75) is 81.3 Å². The number of cyclic esters (lactones) is 1. The van der Waals surface area contributed by atoms with Gasteiger partial charge < -0.3 is 38.9 Å².